The Bertz CT molecular complexity index is 997. The van der Waals surface area contributed by atoms with Crippen LogP contribution in [0.4, 0.5) is 11.5 Å². The Labute approximate surface area is 144 Å². The lowest BCUT2D eigenvalue weighted by molar-refractivity contribution is 0.598. The predicted molar refractivity (Wildman–Crippen MR) is 92.7 cm³/mol. The average Bonchev–Trinajstić information content (AvgIpc) is 2.90. The maximum atomic E-state index is 11.5. The van der Waals surface area contributed by atoms with Crippen LogP contribution in [0.3, 0.4) is 0 Å². The van der Waals surface area contributed by atoms with Crippen molar-refractivity contribution in [2.75, 3.05) is 11.6 Å². The maximum absolute atomic E-state index is 11.5. The molecule has 0 atom stereocenters. The number of sulfone groups is 1. The van der Waals surface area contributed by atoms with Crippen LogP contribution in [0.2, 0.25) is 5.15 Å². The molecule has 0 amide bonds. The zero-order valence-corrected chi connectivity index (χ0v) is 14.9. The zero-order valence-electron chi connectivity index (χ0n) is 13.4. The molecule has 1 N–H and O–H groups in total. The van der Waals surface area contributed by atoms with Crippen LogP contribution in [0, 0.1) is 0 Å². The number of hydrogen-bond acceptors (Lipinski definition) is 6. The number of fused-ring (bicyclic) bond motifs is 1. The van der Waals surface area contributed by atoms with Crippen molar-refractivity contribution in [1.82, 2.24) is 19.6 Å². The number of halogens is 1. The fourth-order valence-corrected chi connectivity index (χ4v) is 3.01. The largest absolute Gasteiger partial charge is 0.339 e. The molecule has 0 aliphatic carbocycles. The van der Waals surface area contributed by atoms with Gasteiger partial charge in [-0.25, -0.2) is 18.4 Å². The van der Waals surface area contributed by atoms with Gasteiger partial charge in [0.2, 0.25) is 0 Å². The number of nitrogens with zero attached hydrogens (tertiary/aromatic N) is 4. The summed E-state index contributed by atoms with van der Waals surface area (Å²) >= 11 is 6.12. The van der Waals surface area contributed by atoms with E-state index < -0.39 is 9.84 Å². The van der Waals surface area contributed by atoms with Crippen molar-refractivity contribution in [3.8, 4) is 0 Å². The normalized spacial score (nSPS) is 12.0. The Kier molecular flexibility index (Phi) is 4.18. The highest BCUT2D eigenvalue weighted by Crippen LogP contribution is 2.25. The molecule has 24 heavy (non-hydrogen) atoms. The number of nitrogens with one attached hydrogen (secondary N) is 1. The molecule has 0 aliphatic rings. The topological polar surface area (TPSA) is 89.2 Å². The van der Waals surface area contributed by atoms with Crippen molar-refractivity contribution < 1.29 is 8.42 Å². The van der Waals surface area contributed by atoms with E-state index in [1.165, 1.54) is 12.3 Å². The van der Waals surface area contributed by atoms with Crippen molar-refractivity contribution in [3.63, 3.8) is 0 Å². The van der Waals surface area contributed by atoms with E-state index in [-0.39, 0.29) is 10.9 Å². The highest BCUT2D eigenvalue weighted by Gasteiger charge is 2.14. The van der Waals surface area contributed by atoms with Gasteiger partial charge in [-0.1, -0.05) is 25.4 Å². The summed E-state index contributed by atoms with van der Waals surface area (Å²) in [5.74, 6) is 0.878. The van der Waals surface area contributed by atoms with Crippen molar-refractivity contribution >= 4 is 38.6 Å². The van der Waals surface area contributed by atoms with Gasteiger partial charge in [-0.3, -0.25) is 0 Å². The SMILES string of the molecule is CC(C)c1cnn2c(Nc3ccc(S(C)(=O)=O)nc3)cc(Cl)nc12. The van der Waals surface area contributed by atoms with Gasteiger partial charge in [-0.05, 0) is 18.1 Å². The molecule has 0 aliphatic heterocycles. The quantitative estimate of drug-likeness (QED) is 0.715. The Morgan fingerprint density at radius 3 is 2.58 bits per heavy atom. The summed E-state index contributed by atoms with van der Waals surface area (Å²) in [6, 6.07) is 4.73. The molecule has 0 unspecified atom stereocenters. The third-order valence-corrected chi connectivity index (χ3v) is 4.67. The van der Waals surface area contributed by atoms with Crippen LogP contribution in [0.25, 0.3) is 5.65 Å². The molecule has 126 valence electrons. The monoisotopic (exact) mass is 365 g/mol. The molecule has 0 saturated carbocycles. The summed E-state index contributed by atoms with van der Waals surface area (Å²) in [4.78, 5) is 8.29. The Morgan fingerprint density at radius 1 is 1.25 bits per heavy atom. The molecular weight excluding hydrogens is 350 g/mol. The number of hydrogen-bond donors (Lipinski definition) is 1. The number of pyridine rings is 1. The first-order valence-electron chi connectivity index (χ1n) is 7.23. The molecule has 0 spiro atoms. The molecule has 0 saturated heterocycles. The average molecular weight is 366 g/mol. The van der Waals surface area contributed by atoms with Crippen molar-refractivity contribution in [3.05, 3.63) is 41.3 Å². The van der Waals surface area contributed by atoms with E-state index in [0.717, 1.165) is 11.8 Å². The Morgan fingerprint density at radius 2 is 2.00 bits per heavy atom. The number of rotatable bonds is 4. The van der Waals surface area contributed by atoms with E-state index in [4.69, 9.17) is 11.6 Å². The molecule has 3 aromatic heterocycles. The van der Waals surface area contributed by atoms with Crippen LogP contribution >= 0.6 is 11.6 Å². The fourth-order valence-electron chi connectivity index (χ4n) is 2.27. The lowest BCUT2D eigenvalue weighted by Crippen LogP contribution is -2.04. The summed E-state index contributed by atoms with van der Waals surface area (Å²) in [6.45, 7) is 4.11. The standard InChI is InChI=1S/C15H16ClN5O2S/c1-9(2)11-8-18-21-13(6-12(16)20-15(11)21)19-10-4-5-14(17-7-10)24(3,22)23/h4-9,19H,1-3H3. The van der Waals surface area contributed by atoms with Gasteiger partial charge in [-0.2, -0.15) is 9.61 Å². The number of aromatic nitrogens is 4. The summed E-state index contributed by atoms with van der Waals surface area (Å²) < 4.78 is 24.6. The second kappa shape index (κ2) is 6.03. The van der Waals surface area contributed by atoms with Crippen molar-refractivity contribution in [2.45, 2.75) is 24.8 Å². The molecule has 7 nitrogen and oxygen atoms in total. The first kappa shape index (κ1) is 16.7. The second-order valence-electron chi connectivity index (χ2n) is 5.74. The molecule has 9 heteroatoms. The Balaban J connectivity index is 2.01. The molecule has 3 heterocycles. The smallest absolute Gasteiger partial charge is 0.192 e. The maximum Gasteiger partial charge on any atom is 0.192 e. The van der Waals surface area contributed by atoms with Crippen molar-refractivity contribution in [2.24, 2.45) is 0 Å². The zero-order chi connectivity index (χ0) is 17.5. The van der Waals surface area contributed by atoms with Crippen LogP contribution in [-0.2, 0) is 9.84 Å². The van der Waals surface area contributed by atoms with Gasteiger partial charge in [0.25, 0.3) is 0 Å². The van der Waals surface area contributed by atoms with E-state index in [1.807, 2.05) is 0 Å². The van der Waals surface area contributed by atoms with Crippen LogP contribution in [-0.4, -0.2) is 34.3 Å². The van der Waals surface area contributed by atoms with E-state index in [0.29, 0.717) is 22.3 Å². The minimum absolute atomic E-state index is 0.0205. The van der Waals surface area contributed by atoms with E-state index >= 15 is 0 Å². The third-order valence-electron chi connectivity index (χ3n) is 3.48. The van der Waals surface area contributed by atoms with E-state index in [2.05, 4.69) is 34.2 Å². The van der Waals surface area contributed by atoms with Gasteiger partial charge in [0.1, 0.15) is 11.0 Å². The van der Waals surface area contributed by atoms with Crippen LogP contribution < -0.4 is 5.32 Å². The molecular formula is C15H16ClN5O2S. The van der Waals surface area contributed by atoms with Crippen molar-refractivity contribution in [1.29, 1.82) is 0 Å². The van der Waals surface area contributed by atoms with Gasteiger partial charge in [-0.15, -0.1) is 0 Å². The highest BCUT2D eigenvalue weighted by atomic mass is 35.5. The minimum atomic E-state index is -3.33. The summed E-state index contributed by atoms with van der Waals surface area (Å²) in [5.41, 5.74) is 2.29. The molecule has 3 aromatic rings. The minimum Gasteiger partial charge on any atom is -0.339 e. The molecule has 0 aromatic carbocycles. The van der Waals surface area contributed by atoms with Crippen LogP contribution in [0.1, 0.15) is 25.3 Å². The molecule has 0 bridgehead atoms. The van der Waals surface area contributed by atoms with Gasteiger partial charge >= 0.3 is 0 Å². The lowest BCUT2D eigenvalue weighted by Gasteiger charge is -2.10. The third kappa shape index (κ3) is 3.20. The molecule has 0 radical (unpaired) electrons. The predicted octanol–water partition coefficient (Wildman–Crippen LogP) is 3.05. The van der Waals surface area contributed by atoms with E-state index in [9.17, 15) is 8.42 Å². The highest BCUT2D eigenvalue weighted by molar-refractivity contribution is 7.90. The number of anilines is 2. The van der Waals surface area contributed by atoms with Crippen LogP contribution in [0.5, 0.6) is 0 Å². The summed E-state index contributed by atoms with van der Waals surface area (Å²) in [5, 5.41) is 7.85. The van der Waals surface area contributed by atoms with Gasteiger partial charge in [0, 0.05) is 17.9 Å². The Hall–Kier alpha value is -2.19. The van der Waals surface area contributed by atoms with Gasteiger partial charge in [0.05, 0.1) is 18.1 Å². The van der Waals surface area contributed by atoms with Crippen LogP contribution in [0.15, 0.2) is 35.6 Å². The fraction of sp³-hybridized carbons (Fsp3) is 0.267. The molecule has 3 rings (SSSR count). The summed E-state index contributed by atoms with van der Waals surface area (Å²) in [7, 11) is -3.33. The molecule has 0 fully saturated rings. The van der Waals surface area contributed by atoms with Gasteiger partial charge < -0.3 is 5.32 Å². The first-order valence-corrected chi connectivity index (χ1v) is 9.50. The first-order chi connectivity index (χ1) is 11.3. The van der Waals surface area contributed by atoms with Gasteiger partial charge in [0.15, 0.2) is 20.5 Å². The second-order valence-corrected chi connectivity index (χ2v) is 8.09. The lowest BCUT2D eigenvalue weighted by atomic mass is 10.1. The van der Waals surface area contributed by atoms with E-state index in [1.54, 1.807) is 22.8 Å². The summed E-state index contributed by atoms with van der Waals surface area (Å²) in [6.07, 6.45) is 4.33.